The van der Waals surface area contributed by atoms with Gasteiger partial charge in [0.15, 0.2) is 0 Å². The molecule has 0 aromatic rings. The Morgan fingerprint density at radius 3 is 2.16 bits per heavy atom. The van der Waals surface area contributed by atoms with Crippen LogP contribution in [0, 0.1) is 5.92 Å². The minimum absolute atomic E-state index is 0.0151. The van der Waals surface area contributed by atoms with E-state index in [1.54, 1.807) is 6.92 Å². The van der Waals surface area contributed by atoms with E-state index >= 15 is 0 Å². The average molecular weight is 273 g/mol. The van der Waals surface area contributed by atoms with Crippen molar-refractivity contribution >= 4 is 12.0 Å². The second-order valence-electron chi connectivity index (χ2n) is 5.51. The number of nitrogens with one attached hydrogen (secondary N) is 2. The first-order chi connectivity index (χ1) is 8.76. The minimum Gasteiger partial charge on any atom is -0.480 e. The molecule has 3 N–H and O–H groups in total. The second-order valence-corrected chi connectivity index (χ2v) is 5.51. The molecule has 0 aromatic heterocycles. The fraction of sp³-hybridized carbons (Fsp3) is 0.846. The Kier molecular flexibility index (Phi) is 8.14. The van der Waals surface area contributed by atoms with E-state index in [9.17, 15) is 9.59 Å². The number of carbonyl (C=O) groups is 2. The summed E-state index contributed by atoms with van der Waals surface area (Å²) in [5, 5.41) is 14.2. The predicted molar refractivity (Wildman–Crippen MR) is 75.2 cm³/mol. The molecule has 0 aliphatic carbocycles. The number of rotatable bonds is 8. The summed E-state index contributed by atoms with van der Waals surface area (Å²) in [5.74, 6) is -0.544. The summed E-state index contributed by atoms with van der Waals surface area (Å²) in [6, 6.07) is -1.23. The lowest BCUT2D eigenvalue weighted by atomic mass is 10.0. The molecule has 0 heterocycles. The summed E-state index contributed by atoms with van der Waals surface area (Å²) in [6.45, 7) is 6.64. The Labute approximate surface area is 115 Å². The van der Waals surface area contributed by atoms with Gasteiger partial charge >= 0.3 is 12.0 Å². The number of aliphatic carboxylic acids is 1. The number of hydrogen-bond donors (Lipinski definition) is 3. The van der Waals surface area contributed by atoms with Crippen molar-refractivity contribution in [1.82, 2.24) is 15.5 Å². The summed E-state index contributed by atoms with van der Waals surface area (Å²) >= 11 is 0. The van der Waals surface area contributed by atoms with Crippen LogP contribution in [0.3, 0.4) is 0 Å². The third kappa shape index (κ3) is 8.42. The van der Waals surface area contributed by atoms with Crippen LogP contribution in [-0.4, -0.2) is 54.7 Å². The van der Waals surface area contributed by atoms with Gasteiger partial charge in [-0.1, -0.05) is 20.8 Å². The first-order valence-electron chi connectivity index (χ1n) is 6.70. The fourth-order valence-corrected chi connectivity index (χ4v) is 1.91. The number of nitrogens with zero attached hydrogens (tertiary/aromatic N) is 1. The molecule has 19 heavy (non-hydrogen) atoms. The predicted octanol–water partition coefficient (Wildman–Crippen LogP) is 1.13. The molecule has 0 saturated heterocycles. The van der Waals surface area contributed by atoms with Crippen LogP contribution in [0.2, 0.25) is 0 Å². The Morgan fingerprint density at radius 1 is 1.21 bits per heavy atom. The molecule has 0 fully saturated rings. The molecular formula is C13H27N3O3. The van der Waals surface area contributed by atoms with Crippen LogP contribution in [0.4, 0.5) is 4.79 Å². The zero-order valence-electron chi connectivity index (χ0n) is 12.6. The van der Waals surface area contributed by atoms with Gasteiger partial charge in [-0.05, 0) is 32.9 Å². The fourth-order valence-electron chi connectivity index (χ4n) is 1.91. The summed E-state index contributed by atoms with van der Waals surface area (Å²) in [7, 11) is 3.89. The van der Waals surface area contributed by atoms with E-state index in [1.807, 2.05) is 19.0 Å². The van der Waals surface area contributed by atoms with Crippen molar-refractivity contribution in [3.63, 3.8) is 0 Å². The zero-order chi connectivity index (χ0) is 15.0. The van der Waals surface area contributed by atoms with E-state index < -0.39 is 18.0 Å². The van der Waals surface area contributed by atoms with Gasteiger partial charge in [-0.25, -0.2) is 9.59 Å². The van der Waals surface area contributed by atoms with Gasteiger partial charge in [-0.3, -0.25) is 0 Å². The number of likely N-dealkylation sites (N-methyl/N-ethyl adjacent to an activating group) is 1. The number of carbonyl (C=O) groups excluding carboxylic acids is 1. The molecule has 0 bridgehead atoms. The van der Waals surface area contributed by atoms with Crippen molar-refractivity contribution in [1.29, 1.82) is 0 Å². The molecule has 1 unspecified atom stereocenters. The third-order valence-electron chi connectivity index (χ3n) is 2.69. The Bertz CT molecular complexity index is 283. The molecule has 112 valence electrons. The lowest BCUT2D eigenvalue weighted by Crippen LogP contribution is -2.51. The molecule has 0 aromatic carbocycles. The number of carboxylic acids is 1. The molecule has 6 nitrogen and oxygen atoms in total. The molecule has 0 saturated carbocycles. The average Bonchev–Trinajstić information content (AvgIpc) is 2.23. The number of amides is 2. The Balaban J connectivity index is 4.40. The maximum atomic E-state index is 11.8. The summed E-state index contributed by atoms with van der Waals surface area (Å²) < 4.78 is 0. The van der Waals surface area contributed by atoms with Gasteiger partial charge in [0.1, 0.15) is 6.04 Å². The van der Waals surface area contributed by atoms with Gasteiger partial charge in [-0.15, -0.1) is 0 Å². The molecule has 0 aliphatic rings. The number of urea groups is 1. The van der Waals surface area contributed by atoms with Crippen LogP contribution < -0.4 is 10.6 Å². The molecule has 6 heteroatoms. The monoisotopic (exact) mass is 273 g/mol. The van der Waals surface area contributed by atoms with E-state index in [0.29, 0.717) is 12.3 Å². The van der Waals surface area contributed by atoms with E-state index in [1.165, 1.54) is 0 Å². The van der Waals surface area contributed by atoms with Gasteiger partial charge in [0.2, 0.25) is 0 Å². The first-order valence-corrected chi connectivity index (χ1v) is 6.70. The van der Waals surface area contributed by atoms with Gasteiger partial charge in [0.25, 0.3) is 0 Å². The van der Waals surface area contributed by atoms with Crippen molar-refractivity contribution < 1.29 is 14.7 Å². The molecule has 2 atom stereocenters. The molecular weight excluding hydrogens is 246 g/mol. The smallest absolute Gasteiger partial charge is 0.326 e. The highest BCUT2D eigenvalue weighted by atomic mass is 16.4. The Hall–Kier alpha value is -1.30. The second kappa shape index (κ2) is 8.74. The van der Waals surface area contributed by atoms with Gasteiger partial charge in [-0.2, -0.15) is 0 Å². The van der Waals surface area contributed by atoms with Crippen LogP contribution >= 0.6 is 0 Å². The highest BCUT2D eigenvalue weighted by Gasteiger charge is 2.20. The van der Waals surface area contributed by atoms with Gasteiger partial charge in [0, 0.05) is 12.6 Å². The van der Waals surface area contributed by atoms with Crippen LogP contribution in [0.15, 0.2) is 0 Å². The topological polar surface area (TPSA) is 81.7 Å². The number of carboxylic acid groups (broad SMARTS) is 1. The van der Waals surface area contributed by atoms with Crippen molar-refractivity contribution in [3.05, 3.63) is 0 Å². The van der Waals surface area contributed by atoms with E-state index in [2.05, 4.69) is 24.5 Å². The largest absolute Gasteiger partial charge is 0.480 e. The van der Waals surface area contributed by atoms with Gasteiger partial charge < -0.3 is 20.6 Å². The lowest BCUT2D eigenvalue weighted by molar-refractivity contribution is -0.139. The van der Waals surface area contributed by atoms with E-state index in [0.717, 1.165) is 13.0 Å². The Morgan fingerprint density at radius 2 is 1.79 bits per heavy atom. The van der Waals surface area contributed by atoms with Crippen LogP contribution in [0.5, 0.6) is 0 Å². The quantitative estimate of drug-likeness (QED) is 0.619. The SMILES string of the molecule is CC[C@@H](NC(=O)NC(CC(C)C)CN(C)C)C(=O)O. The standard InChI is InChI=1S/C13H27N3O3/c1-6-11(12(17)18)15-13(19)14-10(7-9(2)3)8-16(4)5/h9-11H,6-8H2,1-5H3,(H,17,18)(H2,14,15,19)/t10?,11-/m1/s1. The van der Waals surface area contributed by atoms with Crippen LogP contribution in [0.1, 0.15) is 33.6 Å². The maximum Gasteiger partial charge on any atom is 0.326 e. The molecule has 2 amide bonds. The summed E-state index contributed by atoms with van der Waals surface area (Å²) in [4.78, 5) is 24.6. The summed E-state index contributed by atoms with van der Waals surface area (Å²) in [5.41, 5.74) is 0. The maximum absolute atomic E-state index is 11.8. The molecule has 0 spiro atoms. The highest BCUT2D eigenvalue weighted by Crippen LogP contribution is 2.05. The first kappa shape index (κ1) is 17.7. The van der Waals surface area contributed by atoms with Gasteiger partial charge in [0.05, 0.1) is 0 Å². The molecule has 0 aliphatic heterocycles. The van der Waals surface area contributed by atoms with Crippen molar-refractivity contribution in [2.75, 3.05) is 20.6 Å². The van der Waals surface area contributed by atoms with Crippen LogP contribution in [0.25, 0.3) is 0 Å². The summed E-state index contributed by atoms with van der Waals surface area (Å²) in [6.07, 6.45) is 1.22. The van der Waals surface area contributed by atoms with Crippen LogP contribution in [-0.2, 0) is 4.79 Å². The van der Waals surface area contributed by atoms with Crippen molar-refractivity contribution in [2.24, 2.45) is 5.92 Å². The van der Waals surface area contributed by atoms with E-state index in [4.69, 9.17) is 5.11 Å². The van der Waals surface area contributed by atoms with Crippen molar-refractivity contribution in [2.45, 2.75) is 45.7 Å². The highest BCUT2D eigenvalue weighted by molar-refractivity contribution is 5.82. The molecule has 0 radical (unpaired) electrons. The zero-order valence-corrected chi connectivity index (χ0v) is 12.6. The third-order valence-corrected chi connectivity index (χ3v) is 2.69. The normalized spacial score (nSPS) is 14.3. The number of hydrogen-bond acceptors (Lipinski definition) is 3. The minimum atomic E-state index is -1.01. The molecule has 0 rings (SSSR count). The van der Waals surface area contributed by atoms with E-state index in [-0.39, 0.29) is 6.04 Å². The van der Waals surface area contributed by atoms with Crippen molar-refractivity contribution in [3.8, 4) is 0 Å². The lowest BCUT2D eigenvalue weighted by Gasteiger charge is -2.25.